The molecule has 6 nitrogen and oxygen atoms in total. The summed E-state index contributed by atoms with van der Waals surface area (Å²) in [5.41, 5.74) is 1.07. The highest BCUT2D eigenvalue weighted by molar-refractivity contribution is 5.92. The summed E-state index contributed by atoms with van der Waals surface area (Å²) in [6, 6.07) is 1.72. The first-order valence-electron chi connectivity index (χ1n) is 4.82. The predicted molar refractivity (Wildman–Crippen MR) is 55.1 cm³/mol. The molecule has 0 spiro atoms. The minimum Gasteiger partial charge on any atom is -0.476 e. The molecular formula is C10H11N3O3. The minimum atomic E-state index is -1.09. The molecular weight excluding hydrogens is 210 g/mol. The van der Waals surface area contributed by atoms with Gasteiger partial charge in [0.15, 0.2) is 5.69 Å². The Bertz CT molecular complexity index is 499. The number of furan rings is 1. The third-order valence-corrected chi connectivity index (χ3v) is 2.18. The van der Waals surface area contributed by atoms with Crippen molar-refractivity contribution in [2.24, 2.45) is 0 Å². The van der Waals surface area contributed by atoms with Gasteiger partial charge in [-0.25, -0.2) is 9.48 Å². The fraction of sp³-hybridized carbons (Fsp3) is 0.300. The second-order valence-electron chi connectivity index (χ2n) is 3.64. The van der Waals surface area contributed by atoms with E-state index in [0.717, 1.165) is 0 Å². The highest BCUT2D eigenvalue weighted by atomic mass is 16.4. The van der Waals surface area contributed by atoms with Crippen molar-refractivity contribution in [2.45, 2.75) is 19.9 Å². The molecule has 0 saturated heterocycles. The van der Waals surface area contributed by atoms with Gasteiger partial charge in [-0.3, -0.25) is 0 Å². The van der Waals surface area contributed by atoms with Gasteiger partial charge in [-0.05, 0) is 19.9 Å². The lowest BCUT2D eigenvalue weighted by Gasteiger charge is -2.08. The topological polar surface area (TPSA) is 81.2 Å². The quantitative estimate of drug-likeness (QED) is 0.854. The first kappa shape index (κ1) is 10.4. The Morgan fingerprint density at radius 1 is 1.56 bits per heavy atom. The predicted octanol–water partition coefficient (Wildman–Crippen LogP) is 1.82. The van der Waals surface area contributed by atoms with E-state index < -0.39 is 5.97 Å². The molecule has 0 aliphatic rings. The van der Waals surface area contributed by atoms with E-state index in [0.29, 0.717) is 11.3 Å². The maximum absolute atomic E-state index is 11.0. The first-order valence-corrected chi connectivity index (χ1v) is 4.82. The Balaban J connectivity index is 2.63. The monoisotopic (exact) mass is 221 g/mol. The van der Waals surface area contributed by atoms with E-state index in [2.05, 4.69) is 10.3 Å². The zero-order valence-electron chi connectivity index (χ0n) is 8.91. The van der Waals surface area contributed by atoms with Crippen molar-refractivity contribution in [3.8, 4) is 11.3 Å². The second-order valence-corrected chi connectivity index (χ2v) is 3.64. The van der Waals surface area contributed by atoms with Crippen LogP contribution in [0.5, 0.6) is 0 Å². The zero-order chi connectivity index (χ0) is 11.7. The van der Waals surface area contributed by atoms with Gasteiger partial charge in [0.25, 0.3) is 0 Å². The molecule has 0 saturated carbocycles. The second kappa shape index (κ2) is 3.80. The van der Waals surface area contributed by atoms with Crippen LogP contribution in [0, 0.1) is 0 Å². The lowest BCUT2D eigenvalue weighted by Crippen LogP contribution is -2.06. The van der Waals surface area contributed by atoms with Crippen LogP contribution in [-0.4, -0.2) is 26.1 Å². The highest BCUT2D eigenvalue weighted by Gasteiger charge is 2.22. The SMILES string of the molecule is CC(C)n1nnc(C(=O)O)c1-c1ccoc1. The molecule has 0 aromatic carbocycles. The van der Waals surface area contributed by atoms with Crippen molar-refractivity contribution in [1.82, 2.24) is 15.0 Å². The van der Waals surface area contributed by atoms with Gasteiger partial charge in [0.2, 0.25) is 0 Å². The van der Waals surface area contributed by atoms with Crippen molar-refractivity contribution in [2.75, 3.05) is 0 Å². The van der Waals surface area contributed by atoms with Gasteiger partial charge in [0.05, 0.1) is 12.5 Å². The Morgan fingerprint density at radius 2 is 2.31 bits per heavy atom. The molecule has 2 heterocycles. The van der Waals surface area contributed by atoms with Crippen molar-refractivity contribution in [1.29, 1.82) is 0 Å². The van der Waals surface area contributed by atoms with Gasteiger partial charge in [0, 0.05) is 11.6 Å². The van der Waals surface area contributed by atoms with Gasteiger partial charge < -0.3 is 9.52 Å². The lowest BCUT2D eigenvalue weighted by atomic mass is 10.2. The Hall–Kier alpha value is -2.11. The molecule has 16 heavy (non-hydrogen) atoms. The first-order chi connectivity index (χ1) is 7.61. The molecule has 2 aromatic heterocycles. The fourth-order valence-electron chi connectivity index (χ4n) is 1.47. The number of carboxylic acids is 1. The summed E-state index contributed by atoms with van der Waals surface area (Å²) < 4.78 is 6.51. The van der Waals surface area contributed by atoms with Crippen molar-refractivity contribution in [3.05, 3.63) is 24.3 Å². The van der Waals surface area contributed by atoms with Gasteiger partial charge in [-0.1, -0.05) is 5.21 Å². The van der Waals surface area contributed by atoms with Gasteiger partial charge in [0.1, 0.15) is 5.69 Å². The summed E-state index contributed by atoms with van der Waals surface area (Å²) >= 11 is 0. The number of carboxylic acid groups (broad SMARTS) is 1. The summed E-state index contributed by atoms with van der Waals surface area (Å²) in [7, 11) is 0. The smallest absolute Gasteiger partial charge is 0.358 e. The normalized spacial score (nSPS) is 10.9. The van der Waals surface area contributed by atoms with Crippen LogP contribution in [0.2, 0.25) is 0 Å². The molecule has 0 aliphatic carbocycles. The maximum Gasteiger partial charge on any atom is 0.358 e. The molecule has 2 aromatic rings. The van der Waals surface area contributed by atoms with Crippen LogP contribution in [0.15, 0.2) is 23.0 Å². The average Bonchev–Trinajstić information content (AvgIpc) is 2.85. The van der Waals surface area contributed by atoms with Gasteiger partial charge in [-0.15, -0.1) is 5.10 Å². The minimum absolute atomic E-state index is 0.0329. The van der Waals surface area contributed by atoms with Crippen LogP contribution in [0.3, 0.4) is 0 Å². The Labute approximate surface area is 91.5 Å². The molecule has 0 unspecified atom stereocenters. The number of rotatable bonds is 3. The van der Waals surface area contributed by atoms with Crippen LogP contribution in [0.25, 0.3) is 11.3 Å². The summed E-state index contributed by atoms with van der Waals surface area (Å²) in [5.74, 6) is -1.09. The van der Waals surface area contributed by atoms with Crippen molar-refractivity contribution in [3.63, 3.8) is 0 Å². The standard InChI is InChI=1S/C10H11N3O3/c1-6(2)13-9(7-3-4-16-5-7)8(10(14)15)11-12-13/h3-6H,1-2H3,(H,14,15). The van der Waals surface area contributed by atoms with Crippen LogP contribution in [0.1, 0.15) is 30.4 Å². The fourth-order valence-corrected chi connectivity index (χ4v) is 1.47. The van der Waals surface area contributed by atoms with E-state index in [1.807, 2.05) is 13.8 Å². The Kier molecular flexibility index (Phi) is 2.47. The van der Waals surface area contributed by atoms with Crippen LogP contribution >= 0.6 is 0 Å². The molecule has 0 amide bonds. The zero-order valence-corrected chi connectivity index (χ0v) is 8.91. The summed E-state index contributed by atoms with van der Waals surface area (Å²) in [6.45, 7) is 3.81. The third kappa shape index (κ3) is 1.58. The van der Waals surface area contributed by atoms with Crippen LogP contribution < -0.4 is 0 Å². The van der Waals surface area contributed by atoms with Crippen LogP contribution in [0.4, 0.5) is 0 Å². The maximum atomic E-state index is 11.0. The molecule has 2 rings (SSSR count). The van der Waals surface area contributed by atoms with Crippen molar-refractivity contribution >= 4 is 5.97 Å². The molecule has 0 atom stereocenters. The number of aromatic carboxylic acids is 1. The molecule has 84 valence electrons. The Morgan fingerprint density at radius 3 is 2.81 bits per heavy atom. The van der Waals surface area contributed by atoms with Gasteiger partial charge >= 0.3 is 5.97 Å². The van der Waals surface area contributed by atoms with E-state index in [1.54, 1.807) is 10.7 Å². The molecule has 0 radical (unpaired) electrons. The summed E-state index contributed by atoms with van der Waals surface area (Å²) in [6.07, 6.45) is 2.96. The largest absolute Gasteiger partial charge is 0.476 e. The van der Waals surface area contributed by atoms with Crippen LogP contribution in [-0.2, 0) is 0 Å². The molecule has 1 N–H and O–H groups in total. The van der Waals surface area contributed by atoms with E-state index in [1.165, 1.54) is 12.5 Å². The number of hydrogen-bond donors (Lipinski definition) is 1. The third-order valence-electron chi connectivity index (χ3n) is 2.18. The molecule has 6 heteroatoms. The van der Waals surface area contributed by atoms with E-state index in [4.69, 9.17) is 9.52 Å². The molecule has 0 aliphatic heterocycles. The highest BCUT2D eigenvalue weighted by Crippen LogP contribution is 2.25. The molecule has 0 bridgehead atoms. The lowest BCUT2D eigenvalue weighted by molar-refractivity contribution is 0.0691. The summed E-state index contributed by atoms with van der Waals surface area (Å²) in [4.78, 5) is 11.0. The van der Waals surface area contributed by atoms with E-state index >= 15 is 0 Å². The number of hydrogen-bond acceptors (Lipinski definition) is 4. The average molecular weight is 221 g/mol. The van der Waals surface area contributed by atoms with E-state index in [-0.39, 0.29) is 11.7 Å². The number of aromatic nitrogens is 3. The van der Waals surface area contributed by atoms with Crippen molar-refractivity contribution < 1.29 is 14.3 Å². The van der Waals surface area contributed by atoms with E-state index in [9.17, 15) is 4.79 Å². The van der Waals surface area contributed by atoms with Gasteiger partial charge in [-0.2, -0.15) is 0 Å². The number of carbonyl (C=O) groups is 1. The summed E-state index contributed by atoms with van der Waals surface area (Å²) in [5, 5.41) is 16.5. The molecule has 0 fully saturated rings. The number of nitrogens with zero attached hydrogens (tertiary/aromatic N) is 3.